The number of aromatic nitrogens is 6. The Morgan fingerprint density at radius 2 is 2.13 bits per heavy atom. The van der Waals surface area contributed by atoms with E-state index in [0.29, 0.717) is 27.9 Å². The first kappa shape index (κ1) is 19.7. The van der Waals surface area contributed by atoms with E-state index in [0.717, 1.165) is 11.5 Å². The molecule has 0 radical (unpaired) electrons. The van der Waals surface area contributed by atoms with Gasteiger partial charge in [-0.05, 0) is 54.6 Å². The number of carbonyl (C=O) groups excluding carboxylic acids is 1. The van der Waals surface area contributed by atoms with Gasteiger partial charge in [0.1, 0.15) is 22.3 Å². The predicted molar refractivity (Wildman–Crippen MR) is 107 cm³/mol. The second-order valence-corrected chi connectivity index (χ2v) is 7.30. The number of thioether (sulfide) groups is 1. The number of tetrazole rings is 1. The van der Waals surface area contributed by atoms with E-state index in [9.17, 15) is 9.18 Å². The maximum atomic E-state index is 14.2. The molecule has 0 fully saturated rings. The molecule has 0 saturated heterocycles. The molecule has 0 unspecified atom stereocenters. The Labute approximate surface area is 174 Å². The van der Waals surface area contributed by atoms with Gasteiger partial charge in [-0.25, -0.2) is 9.37 Å². The molecule has 0 spiro atoms. The zero-order valence-electron chi connectivity index (χ0n) is 16.0. The van der Waals surface area contributed by atoms with Crippen molar-refractivity contribution in [2.45, 2.75) is 24.6 Å². The molecule has 0 aliphatic rings. The Morgan fingerprint density at radius 3 is 2.87 bits per heavy atom. The number of pyridine rings is 1. The van der Waals surface area contributed by atoms with Crippen molar-refractivity contribution in [2.24, 2.45) is 0 Å². The number of nitrogens with one attached hydrogen (secondary N) is 1. The molecule has 0 bridgehead atoms. The Balaban J connectivity index is 1.54. The SMILES string of the molecule is Cc1cc(CSc2ncccc2C(=O)Nc2ccc(F)c(-n3nnnc3C)c2)no1. The Hall–Kier alpha value is -3.60. The van der Waals surface area contributed by atoms with Crippen molar-refractivity contribution < 1.29 is 13.7 Å². The Bertz CT molecular complexity index is 1210. The lowest BCUT2D eigenvalue weighted by molar-refractivity contribution is 0.102. The fourth-order valence-electron chi connectivity index (χ4n) is 2.71. The van der Waals surface area contributed by atoms with Crippen LogP contribution in [0.2, 0.25) is 0 Å². The van der Waals surface area contributed by atoms with Gasteiger partial charge in [-0.15, -0.1) is 5.10 Å². The van der Waals surface area contributed by atoms with E-state index in [2.05, 4.69) is 31.0 Å². The van der Waals surface area contributed by atoms with E-state index < -0.39 is 5.82 Å². The summed E-state index contributed by atoms with van der Waals surface area (Å²) in [4.78, 5) is 17.2. The molecule has 3 heterocycles. The third kappa shape index (κ3) is 4.20. The minimum Gasteiger partial charge on any atom is -0.361 e. The second-order valence-electron chi connectivity index (χ2n) is 6.33. The van der Waals surface area contributed by atoms with E-state index in [1.807, 2.05) is 13.0 Å². The van der Waals surface area contributed by atoms with Gasteiger partial charge in [0.2, 0.25) is 0 Å². The number of amides is 1. The van der Waals surface area contributed by atoms with Crippen molar-refractivity contribution in [3.05, 3.63) is 71.3 Å². The maximum Gasteiger partial charge on any atom is 0.258 e. The average molecular weight is 425 g/mol. The smallest absolute Gasteiger partial charge is 0.258 e. The van der Waals surface area contributed by atoms with Gasteiger partial charge in [-0.3, -0.25) is 4.79 Å². The highest BCUT2D eigenvalue weighted by Crippen LogP contribution is 2.25. The van der Waals surface area contributed by atoms with Gasteiger partial charge in [-0.1, -0.05) is 16.9 Å². The maximum absolute atomic E-state index is 14.2. The summed E-state index contributed by atoms with van der Waals surface area (Å²) >= 11 is 1.37. The highest BCUT2D eigenvalue weighted by Gasteiger charge is 2.16. The summed E-state index contributed by atoms with van der Waals surface area (Å²) < 4.78 is 20.6. The monoisotopic (exact) mass is 425 g/mol. The Kier molecular flexibility index (Phi) is 5.53. The van der Waals surface area contributed by atoms with E-state index in [4.69, 9.17) is 4.52 Å². The molecule has 4 rings (SSSR count). The van der Waals surface area contributed by atoms with Gasteiger partial charge in [0.25, 0.3) is 5.91 Å². The summed E-state index contributed by atoms with van der Waals surface area (Å²) in [7, 11) is 0. The van der Waals surface area contributed by atoms with Crippen LogP contribution in [-0.2, 0) is 5.75 Å². The minimum absolute atomic E-state index is 0.137. The lowest BCUT2D eigenvalue weighted by atomic mass is 10.2. The number of rotatable bonds is 6. The average Bonchev–Trinajstić information content (AvgIpc) is 3.36. The normalized spacial score (nSPS) is 10.9. The van der Waals surface area contributed by atoms with Crippen LogP contribution in [0.4, 0.5) is 10.1 Å². The van der Waals surface area contributed by atoms with Crippen molar-refractivity contribution in [2.75, 3.05) is 5.32 Å². The standard InChI is InChI=1S/C19H16FN7O2S/c1-11-8-14(24-29-11)10-30-19-15(4-3-7-21-19)18(28)22-13-5-6-16(20)17(9-13)27-12(2)23-25-26-27/h3-9H,10H2,1-2H3,(H,22,28). The van der Waals surface area contributed by atoms with Crippen molar-refractivity contribution >= 4 is 23.4 Å². The lowest BCUT2D eigenvalue weighted by Crippen LogP contribution is -2.14. The number of hydrogen-bond acceptors (Lipinski definition) is 8. The summed E-state index contributed by atoms with van der Waals surface area (Å²) in [5.41, 5.74) is 1.69. The third-order valence-electron chi connectivity index (χ3n) is 4.11. The minimum atomic E-state index is -0.510. The molecule has 0 aliphatic carbocycles. The second kappa shape index (κ2) is 8.41. The highest BCUT2D eigenvalue weighted by atomic mass is 32.2. The summed E-state index contributed by atoms with van der Waals surface area (Å²) in [5.74, 6) is 0.770. The first-order valence-electron chi connectivity index (χ1n) is 8.87. The summed E-state index contributed by atoms with van der Waals surface area (Å²) in [6.07, 6.45) is 1.61. The van der Waals surface area contributed by atoms with Crippen molar-refractivity contribution in [3.63, 3.8) is 0 Å². The van der Waals surface area contributed by atoms with E-state index in [-0.39, 0.29) is 11.6 Å². The van der Waals surface area contributed by atoms with Gasteiger partial charge < -0.3 is 9.84 Å². The quantitative estimate of drug-likeness (QED) is 0.468. The fraction of sp³-hybridized carbons (Fsp3) is 0.158. The number of halogens is 1. The molecule has 152 valence electrons. The zero-order chi connectivity index (χ0) is 21.1. The van der Waals surface area contributed by atoms with E-state index in [1.165, 1.54) is 34.6 Å². The molecule has 1 N–H and O–H groups in total. The molecule has 1 aromatic carbocycles. The van der Waals surface area contributed by atoms with Crippen LogP contribution in [0.1, 0.15) is 27.6 Å². The molecule has 0 aliphatic heterocycles. The van der Waals surface area contributed by atoms with Crippen LogP contribution in [0.25, 0.3) is 5.69 Å². The van der Waals surface area contributed by atoms with Crippen LogP contribution < -0.4 is 5.32 Å². The molecule has 0 saturated carbocycles. The molecule has 3 aromatic heterocycles. The summed E-state index contributed by atoms with van der Waals surface area (Å²) in [5, 5.41) is 18.3. The molecule has 4 aromatic rings. The van der Waals surface area contributed by atoms with Gasteiger partial charge in [0.05, 0.1) is 11.3 Å². The number of benzene rings is 1. The van der Waals surface area contributed by atoms with E-state index in [1.54, 1.807) is 25.3 Å². The lowest BCUT2D eigenvalue weighted by Gasteiger charge is -2.10. The highest BCUT2D eigenvalue weighted by molar-refractivity contribution is 7.98. The zero-order valence-corrected chi connectivity index (χ0v) is 16.9. The first-order chi connectivity index (χ1) is 14.5. The van der Waals surface area contributed by atoms with Crippen molar-refractivity contribution in [3.8, 4) is 5.69 Å². The molecule has 30 heavy (non-hydrogen) atoms. The predicted octanol–water partition coefficient (Wildman–Crippen LogP) is 3.35. The van der Waals surface area contributed by atoms with Crippen LogP contribution in [0.15, 0.2) is 52.1 Å². The fourth-order valence-corrected chi connectivity index (χ4v) is 3.58. The number of carbonyl (C=O) groups is 1. The van der Waals surface area contributed by atoms with Gasteiger partial charge in [0, 0.05) is 23.7 Å². The molecule has 1 amide bonds. The van der Waals surface area contributed by atoms with Crippen LogP contribution >= 0.6 is 11.8 Å². The van der Waals surface area contributed by atoms with Gasteiger partial charge in [0.15, 0.2) is 5.82 Å². The molecule has 9 nitrogen and oxygen atoms in total. The summed E-state index contributed by atoms with van der Waals surface area (Å²) in [6.45, 7) is 3.47. The number of hydrogen-bond donors (Lipinski definition) is 1. The molecule has 11 heteroatoms. The number of anilines is 1. The topological polar surface area (TPSA) is 112 Å². The van der Waals surface area contributed by atoms with Crippen molar-refractivity contribution in [1.82, 2.24) is 30.3 Å². The van der Waals surface area contributed by atoms with E-state index >= 15 is 0 Å². The van der Waals surface area contributed by atoms with Crippen LogP contribution in [0.5, 0.6) is 0 Å². The molecular formula is C19H16FN7O2S. The molecule has 0 atom stereocenters. The number of nitrogens with zero attached hydrogens (tertiary/aromatic N) is 6. The largest absolute Gasteiger partial charge is 0.361 e. The summed E-state index contributed by atoms with van der Waals surface area (Å²) in [6, 6.07) is 9.37. The van der Waals surface area contributed by atoms with Gasteiger partial charge in [-0.2, -0.15) is 4.68 Å². The van der Waals surface area contributed by atoms with Crippen molar-refractivity contribution in [1.29, 1.82) is 0 Å². The first-order valence-corrected chi connectivity index (χ1v) is 9.86. The van der Waals surface area contributed by atoms with Crippen LogP contribution in [-0.4, -0.2) is 36.3 Å². The Morgan fingerprint density at radius 1 is 1.27 bits per heavy atom. The molecular weight excluding hydrogens is 409 g/mol. The third-order valence-corrected chi connectivity index (χ3v) is 5.15. The van der Waals surface area contributed by atoms with Crippen LogP contribution in [0.3, 0.4) is 0 Å². The van der Waals surface area contributed by atoms with Crippen LogP contribution in [0, 0.1) is 19.7 Å². The van der Waals surface area contributed by atoms with Gasteiger partial charge >= 0.3 is 0 Å². The number of aryl methyl sites for hydroxylation is 2.